The van der Waals surface area contributed by atoms with Crippen LogP contribution in [0.1, 0.15) is 37.9 Å². The van der Waals surface area contributed by atoms with Gasteiger partial charge in [0.1, 0.15) is 23.3 Å². The molecule has 6 aromatic rings. The highest BCUT2D eigenvalue weighted by atomic mass is 32.2. The fourth-order valence-electron chi connectivity index (χ4n) is 5.21. The molecule has 0 saturated heterocycles. The Morgan fingerprint density at radius 1 is 0.654 bits per heavy atom. The zero-order valence-corrected chi connectivity index (χ0v) is 29.3. The summed E-state index contributed by atoms with van der Waals surface area (Å²) >= 11 is 1.41. The van der Waals surface area contributed by atoms with Crippen molar-refractivity contribution < 1.29 is 19.1 Å². The second-order valence-electron chi connectivity index (χ2n) is 12.0. The predicted octanol–water partition coefficient (Wildman–Crippen LogP) is 9.46. The Labute approximate surface area is 307 Å². The van der Waals surface area contributed by atoms with Gasteiger partial charge < -0.3 is 20.7 Å². The Hall–Kier alpha value is -6.38. The lowest BCUT2D eigenvalue weighted by molar-refractivity contribution is -0.116. The number of amides is 3. The van der Waals surface area contributed by atoms with Gasteiger partial charge in [0.2, 0.25) is 5.91 Å². The average Bonchev–Trinajstić information content (AvgIpc) is 3.19. The van der Waals surface area contributed by atoms with Gasteiger partial charge in [-0.1, -0.05) is 109 Å². The summed E-state index contributed by atoms with van der Waals surface area (Å²) in [5, 5.41) is 8.21. The van der Waals surface area contributed by atoms with Crippen LogP contribution in [-0.4, -0.2) is 17.7 Å². The van der Waals surface area contributed by atoms with Crippen molar-refractivity contribution in [2.45, 2.75) is 23.7 Å². The van der Waals surface area contributed by atoms with E-state index in [1.807, 2.05) is 134 Å². The minimum absolute atomic E-state index is 0.0715. The lowest BCUT2D eigenvalue weighted by atomic mass is 10.1. The molecule has 6 aromatic carbocycles. The first-order valence-corrected chi connectivity index (χ1v) is 17.6. The molecule has 7 nitrogen and oxygen atoms in total. The third-order valence-electron chi connectivity index (χ3n) is 7.99. The number of ether oxygens (including phenoxy) is 1. The molecule has 3 N–H and O–H groups in total. The fourth-order valence-corrected chi connectivity index (χ4v) is 6.23. The van der Waals surface area contributed by atoms with Crippen LogP contribution in [0, 0.1) is 6.92 Å². The van der Waals surface area contributed by atoms with Crippen molar-refractivity contribution in [3.63, 3.8) is 0 Å². The van der Waals surface area contributed by atoms with E-state index in [-0.39, 0.29) is 11.6 Å². The Morgan fingerprint density at radius 2 is 1.23 bits per heavy atom. The van der Waals surface area contributed by atoms with Gasteiger partial charge in [-0.3, -0.25) is 14.4 Å². The largest absolute Gasteiger partial charge is 0.489 e. The number of nitrogens with one attached hydrogen (secondary N) is 3. The smallest absolute Gasteiger partial charge is 0.272 e. The third-order valence-corrected chi connectivity index (χ3v) is 9.26. The number of aryl methyl sites for hydroxylation is 1. The summed E-state index contributed by atoms with van der Waals surface area (Å²) in [6.45, 7) is 2.43. The van der Waals surface area contributed by atoms with E-state index in [0.717, 1.165) is 27.3 Å². The highest BCUT2D eigenvalue weighted by Gasteiger charge is 2.22. The van der Waals surface area contributed by atoms with Crippen LogP contribution in [-0.2, 0) is 16.2 Å². The molecule has 0 saturated carbocycles. The molecule has 0 radical (unpaired) electrons. The SMILES string of the molecule is Cc1ccc(NC(=O)C(Sc2ccc(NC(=O)/C(=C/c3ccc(OCc4ccccc4)cc3)NC(=O)c3ccccc3)cc2)c2ccccc2)cc1. The summed E-state index contributed by atoms with van der Waals surface area (Å²) in [5.74, 6) is -0.362. The molecule has 0 aromatic heterocycles. The van der Waals surface area contributed by atoms with Crippen LogP contribution in [0.25, 0.3) is 6.08 Å². The van der Waals surface area contributed by atoms with E-state index in [4.69, 9.17) is 4.74 Å². The molecule has 3 amide bonds. The van der Waals surface area contributed by atoms with E-state index in [1.54, 1.807) is 42.5 Å². The first kappa shape index (κ1) is 35.4. The van der Waals surface area contributed by atoms with Gasteiger partial charge in [-0.25, -0.2) is 0 Å². The minimum Gasteiger partial charge on any atom is -0.489 e. The van der Waals surface area contributed by atoms with Gasteiger partial charge in [0.15, 0.2) is 0 Å². The standard InChI is InChI=1S/C44H37N3O4S/c1-31-17-21-36(22-18-31)46-44(50)41(34-13-7-3-8-14-34)52-39-27-23-37(24-28-39)45-43(49)40(47-42(48)35-15-9-4-10-16-35)29-32-19-25-38(26-20-32)51-30-33-11-5-2-6-12-33/h2-29,41H,30H2,1H3,(H,45,49)(H,46,50)(H,47,48)/b40-29-. The molecule has 0 aliphatic carbocycles. The lowest BCUT2D eigenvalue weighted by Crippen LogP contribution is -2.30. The van der Waals surface area contributed by atoms with Crippen molar-refractivity contribution in [2.75, 3.05) is 10.6 Å². The maximum atomic E-state index is 13.7. The van der Waals surface area contributed by atoms with E-state index >= 15 is 0 Å². The molecule has 258 valence electrons. The van der Waals surface area contributed by atoms with E-state index in [9.17, 15) is 14.4 Å². The molecular formula is C44H37N3O4S. The number of hydrogen-bond donors (Lipinski definition) is 3. The quantitative estimate of drug-likeness (QED) is 0.0823. The molecule has 0 bridgehead atoms. The number of carbonyl (C=O) groups excluding carboxylic acids is 3. The van der Waals surface area contributed by atoms with Gasteiger partial charge in [0, 0.05) is 21.8 Å². The minimum atomic E-state index is -0.513. The first-order valence-electron chi connectivity index (χ1n) is 16.7. The lowest BCUT2D eigenvalue weighted by Gasteiger charge is -2.18. The molecule has 6 rings (SSSR count). The van der Waals surface area contributed by atoms with Crippen LogP contribution < -0.4 is 20.7 Å². The predicted molar refractivity (Wildman–Crippen MR) is 209 cm³/mol. The van der Waals surface area contributed by atoms with Gasteiger partial charge in [0.25, 0.3) is 11.8 Å². The van der Waals surface area contributed by atoms with Crippen molar-refractivity contribution in [1.29, 1.82) is 0 Å². The monoisotopic (exact) mass is 703 g/mol. The molecule has 1 unspecified atom stereocenters. The van der Waals surface area contributed by atoms with Crippen molar-refractivity contribution in [3.05, 3.63) is 197 Å². The molecular weight excluding hydrogens is 667 g/mol. The molecule has 0 heterocycles. The molecule has 8 heteroatoms. The number of benzene rings is 6. The topological polar surface area (TPSA) is 96.5 Å². The number of thioether (sulfide) groups is 1. The van der Waals surface area contributed by atoms with Crippen LogP contribution in [0.3, 0.4) is 0 Å². The van der Waals surface area contributed by atoms with Crippen LogP contribution in [0.5, 0.6) is 5.75 Å². The average molecular weight is 704 g/mol. The Kier molecular flexibility index (Phi) is 11.9. The maximum absolute atomic E-state index is 13.7. The molecule has 0 spiro atoms. The van der Waals surface area contributed by atoms with E-state index in [1.165, 1.54) is 11.8 Å². The molecule has 52 heavy (non-hydrogen) atoms. The van der Waals surface area contributed by atoms with Gasteiger partial charge in [-0.2, -0.15) is 0 Å². The van der Waals surface area contributed by atoms with Crippen LogP contribution in [0.15, 0.2) is 174 Å². The zero-order valence-electron chi connectivity index (χ0n) is 28.5. The van der Waals surface area contributed by atoms with Gasteiger partial charge in [0.05, 0.1) is 0 Å². The van der Waals surface area contributed by atoms with Crippen molar-refractivity contribution in [2.24, 2.45) is 0 Å². The summed E-state index contributed by atoms with van der Waals surface area (Å²) < 4.78 is 5.91. The maximum Gasteiger partial charge on any atom is 0.272 e. The van der Waals surface area contributed by atoms with Crippen LogP contribution in [0.4, 0.5) is 11.4 Å². The molecule has 0 aliphatic rings. The molecule has 0 aliphatic heterocycles. The molecule has 1 atom stereocenters. The van der Waals surface area contributed by atoms with E-state index < -0.39 is 17.1 Å². The fraction of sp³-hybridized carbons (Fsp3) is 0.0682. The Balaban J connectivity index is 1.16. The van der Waals surface area contributed by atoms with Gasteiger partial charge >= 0.3 is 0 Å². The number of carbonyl (C=O) groups is 3. The van der Waals surface area contributed by atoms with E-state index in [2.05, 4.69) is 16.0 Å². The summed E-state index contributed by atoms with van der Waals surface area (Å²) in [7, 11) is 0. The normalized spacial score (nSPS) is 11.6. The number of hydrogen-bond acceptors (Lipinski definition) is 5. The Morgan fingerprint density at radius 3 is 1.88 bits per heavy atom. The van der Waals surface area contributed by atoms with E-state index in [0.29, 0.717) is 29.2 Å². The van der Waals surface area contributed by atoms with Crippen LogP contribution >= 0.6 is 11.8 Å². The summed E-state index contributed by atoms with van der Waals surface area (Å²) in [6.07, 6.45) is 1.62. The zero-order chi connectivity index (χ0) is 36.1. The van der Waals surface area contributed by atoms with Gasteiger partial charge in [-0.15, -0.1) is 11.8 Å². The Bertz CT molecular complexity index is 2120. The van der Waals surface area contributed by atoms with Crippen molar-refractivity contribution in [3.8, 4) is 5.75 Å². The second kappa shape index (κ2) is 17.5. The highest BCUT2D eigenvalue weighted by molar-refractivity contribution is 8.00. The second-order valence-corrected chi connectivity index (χ2v) is 13.1. The number of rotatable bonds is 13. The van der Waals surface area contributed by atoms with Crippen molar-refractivity contribution >= 4 is 46.9 Å². The summed E-state index contributed by atoms with van der Waals surface area (Å²) in [5.41, 5.74) is 5.49. The van der Waals surface area contributed by atoms with Crippen molar-refractivity contribution in [1.82, 2.24) is 5.32 Å². The van der Waals surface area contributed by atoms with Gasteiger partial charge in [-0.05, 0) is 90.4 Å². The summed E-state index contributed by atoms with van der Waals surface area (Å²) in [4.78, 5) is 41.1. The van der Waals surface area contributed by atoms with Crippen LogP contribution in [0.2, 0.25) is 0 Å². The molecule has 0 fully saturated rings. The first-order chi connectivity index (χ1) is 25.4. The third kappa shape index (κ3) is 10.1. The highest BCUT2D eigenvalue weighted by Crippen LogP contribution is 2.37. The number of anilines is 2. The summed E-state index contributed by atoms with van der Waals surface area (Å²) in [6, 6.07) is 50.5.